The first-order valence-electron chi connectivity index (χ1n) is 9.30. The minimum atomic E-state index is -1.09. The third-order valence-corrected chi connectivity index (χ3v) is 11.7. The molecule has 0 saturated carbocycles. The van der Waals surface area contributed by atoms with Crippen LogP contribution < -0.4 is 5.46 Å². The summed E-state index contributed by atoms with van der Waals surface area (Å²) in [6.07, 6.45) is 4.27. The van der Waals surface area contributed by atoms with E-state index in [0.717, 1.165) is 10.5 Å². The lowest BCUT2D eigenvalue weighted by molar-refractivity contribution is 0.00578. The van der Waals surface area contributed by atoms with Crippen molar-refractivity contribution in [1.82, 2.24) is 3.97 Å². The van der Waals surface area contributed by atoms with Crippen molar-refractivity contribution in [2.45, 2.75) is 96.2 Å². The molecule has 1 aromatic heterocycles. The van der Waals surface area contributed by atoms with Gasteiger partial charge in [-0.2, -0.15) is 10.2 Å². The van der Waals surface area contributed by atoms with Crippen LogP contribution in [0.2, 0.25) is 5.02 Å². The van der Waals surface area contributed by atoms with Crippen molar-refractivity contribution < 1.29 is 9.31 Å². The first-order chi connectivity index (χ1) is 11.3. The van der Waals surface area contributed by atoms with E-state index in [9.17, 15) is 0 Å². The van der Waals surface area contributed by atoms with Crippen molar-refractivity contribution in [3.05, 3.63) is 17.4 Å². The van der Waals surface area contributed by atoms with Crippen LogP contribution in [0.4, 0.5) is 0 Å². The number of hydrogen-bond acceptors (Lipinski definition) is 2. The second kappa shape index (κ2) is 6.81. The molecule has 1 aromatic rings. The van der Waals surface area contributed by atoms with Gasteiger partial charge in [-0.25, -0.2) is 0 Å². The Morgan fingerprint density at radius 3 is 1.64 bits per heavy atom. The molecule has 0 aliphatic carbocycles. The number of nitrogens with zero attached hydrogens (tertiary/aromatic N) is 1. The zero-order valence-corrected chi connectivity index (χ0v) is 19.1. The SMILES string of the molecule is CC(C)S(C(C)C)(C(C)C)n1cc(Cl)c(B2OC(C)(C)C(C)(C)O2)c1. The molecule has 1 saturated heterocycles. The molecule has 6 heteroatoms. The third-order valence-electron chi connectivity index (χ3n) is 5.92. The minimum absolute atomic E-state index is 0.360. The molecule has 1 aliphatic rings. The fourth-order valence-corrected chi connectivity index (χ4v) is 9.72. The average Bonchev–Trinajstić information content (AvgIpc) is 2.87. The average molecular weight is 388 g/mol. The largest absolute Gasteiger partial charge is 0.497 e. The van der Waals surface area contributed by atoms with Crippen molar-refractivity contribution in [2.24, 2.45) is 0 Å². The highest BCUT2D eigenvalue weighted by molar-refractivity contribution is 8.33. The van der Waals surface area contributed by atoms with Gasteiger partial charge in [-0.3, -0.25) is 0 Å². The predicted octanol–water partition coefficient (Wildman–Crippen LogP) is 5.23. The summed E-state index contributed by atoms with van der Waals surface area (Å²) in [5, 5.41) is 2.41. The fourth-order valence-electron chi connectivity index (χ4n) is 4.11. The topological polar surface area (TPSA) is 23.4 Å². The lowest BCUT2D eigenvalue weighted by atomic mass is 9.81. The molecule has 0 unspecified atom stereocenters. The summed E-state index contributed by atoms with van der Waals surface area (Å²) < 4.78 is 14.9. The van der Waals surface area contributed by atoms with Crippen molar-refractivity contribution in [3.8, 4) is 0 Å². The van der Waals surface area contributed by atoms with Gasteiger partial charge < -0.3 is 13.3 Å². The Balaban J connectivity index is 2.50. The van der Waals surface area contributed by atoms with Crippen LogP contribution in [0.5, 0.6) is 0 Å². The molecular formula is C19H35BClNO2S. The Bertz CT molecular complexity index is 587. The normalized spacial score (nSPS) is 21.0. The van der Waals surface area contributed by atoms with Crippen molar-refractivity contribution in [2.75, 3.05) is 0 Å². The molecule has 0 bridgehead atoms. The Kier molecular flexibility index (Phi) is 5.78. The molecule has 1 fully saturated rings. The molecule has 0 radical (unpaired) electrons. The summed E-state index contributed by atoms with van der Waals surface area (Å²) in [6.45, 7) is 22.3. The Labute approximate surface area is 161 Å². The van der Waals surface area contributed by atoms with E-state index in [1.165, 1.54) is 0 Å². The van der Waals surface area contributed by atoms with Crippen LogP contribution in [0.1, 0.15) is 69.2 Å². The molecule has 144 valence electrons. The summed E-state index contributed by atoms with van der Waals surface area (Å²) in [5.41, 5.74) is 0.224. The molecule has 0 N–H and O–H groups in total. The van der Waals surface area contributed by atoms with Crippen LogP contribution >= 0.6 is 21.8 Å². The first kappa shape index (κ1) is 21.2. The Morgan fingerprint density at radius 1 is 0.880 bits per heavy atom. The zero-order chi connectivity index (χ0) is 19.4. The maximum atomic E-state index is 6.66. The van der Waals surface area contributed by atoms with E-state index in [1.54, 1.807) is 0 Å². The van der Waals surface area contributed by atoms with Gasteiger partial charge in [-0.15, -0.1) is 0 Å². The van der Waals surface area contributed by atoms with E-state index in [4.69, 9.17) is 20.9 Å². The van der Waals surface area contributed by atoms with Crippen LogP contribution in [-0.4, -0.2) is 38.0 Å². The quantitative estimate of drug-likeness (QED) is 0.645. The van der Waals surface area contributed by atoms with Gasteiger partial charge in [0, 0.05) is 33.6 Å². The lowest BCUT2D eigenvalue weighted by Gasteiger charge is -2.52. The number of halogens is 1. The van der Waals surface area contributed by atoms with E-state index in [2.05, 4.69) is 85.6 Å². The van der Waals surface area contributed by atoms with E-state index in [1.807, 2.05) is 0 Å². The molecule has 0 aromatic carbocycles. The Morgan fingerprint density at radius 2 is 1.28 bits per heavy atom. The van der Waals surface area contributed by atoms with Crippen LogP contribution in [0, 0.1) is 0 Å². The summed E-state index contributed by atoms with van der Waals surface area (Å²) >= 11 is 6.66. The molecular weight excluding hydrogens is 353 g/mol. The van der Waals surface area contributed by atoms with Crippen molar-refractivity contribution in [1.29, 1.82) is 0 Å². The maximum absolute atomic E-state index is 6.66. The second-order valence-corrected chi connectivity index (χ2v) is 14.0. The summed E-state index contributed by atoms with van der Waals surface area (Å²) in [6, 6.07) is 0. The van der Waals surface area contributed by atoms with Gasteiger partial charge >= 0.3 is 7.12 Å². The molecule has 2 rings (SSSR count). The van der Waals surface area contributed by atoms with Gasteiger partial charge in [0.05, 0.1) is 16.2 Å². The maximum Gasteiger partial charge on any atom is 0.497 e. The smallest absolute Gasteiger partial charge is 0.399 e. The fraction of sp³-hybridized carbons (Fsp3) is 0.789. The van der Waals surface area contributed by atoms with Gasteiger partial charge in [-0.1, -0.05) is 53.1 Å². The van der Waals surface area contributed by atoms with E-state index >= 15 is 0 Å². The molecule has 1 aliphatic heterocycles. The molecule has 0 amide bonds. The zero-order valence-electron chi connectivity index (χ0n) is 17.5. The predicted molar refractivity (Wildman–Crippen MR) is 114 cm³/mol. The molecule has 0 atom stereocenters. The van der Waals surface area contributed by atoms with Crippen molar-refractivity contribution in [3.63, 3.8) is 0 Å². The van der Waals surface area contributed by atoms with Gasteiger partial charge in [0.25, 0.3) is 0 Å². The van der Waals surface area contributed by atoms with Crippen LogP contribution in [0.25, 0.3) is 0 Å². The lowest BCUT2D eigenvalue weighted by Crippen LogP contribution is -2.41. The summed E-state index contributed by atoms with van der Waals surface area (Å²) in [5.74, 6) is 0. The summed E-state index contributed by atoms with van der Waals surface area (Å²) in [4.78, 5) is 0. The number of aromatic nitrogens is 1. The van der Waals surface area contributed by atoms with Crippen LogP contribution in [-0.2, 0) is 9.31 Å². The van der Waals surface area contributed by atoms with Crippen molar-refractivity contribution >= 4 is 34.4 Å². The molecule has 0 spiro atoms. The Hall–Kier alpha value is -0.0951. The van der Waals surface area contributed by atoms with E-state index in [-0.39, 0.29) is 11.2 Å². The van der Waals surface area contributed by atoms with E-state index in [0.29, 0.717) is 15.7 Å². The standard InChI is InChI=1S/C19H35BClNO2S/c1-13(2)25(14(3)4,15(5)6)22-11-16(17(21)12-22)20-23-18(7,8)19(9,10)24-20/h11-15H,1-10H3. The van der Waals surface area contributed by atoms with Gasteiger partial charge in [-0.05, 0) is 27.7 Å². The highest BCUT2D eigenvalue weighted by Gasteiger charge is 2.53. The second-order valence-electron chi connectivity index (χ2n) is 8.88. The van der Waals surface area contributed by atoms with Crippen LogP contribution in [0.3, 0.4) is 0 Å². The van der Waals surface area contributed by atoms with E-state index < -0.39 is 17.3 Å². The van der Waals surface area contributed by atoms with Gasteiger partial charge in [0.2, 0.25) is 0 Å². The van der Waals surface area contributed by atoms with Gasteiger partial charge in [0.1, 0.15) is 0 Å². The number of rotatable bonds is 5. The molecule has 2 heterocycles. The summed E-state index contributed by atoms with van der Waals surface area (Å²) in [7, 11) is -1.51. The first-order valence-corrected chi connectivity index (χ1v) is 11.5. The third kappa shape index (κ3) is 3.31. The highest BCUT2D eigenvalue weighted by atomic mass is 35.5. The molecule has 25 heavy (non-hydrogen) atoms. The van der Waals surface area contributed by atoms with Crippen LogP contribution in [0.15, 0.2) is 12.4 Å². The highest BCUT2D eigenvalue weighted by Crippen LogP contribution is 2.61. The van der Waals surface area contributed by atoms with Gasteiger partial charge in [0.15, 0.2) is 0 Å². The minimum Gasteiger partial charge on any atom is -0.399 e. The monoisotopic (exact) mass is 387 g/mol. The number of hydrogen-bond donors (Lipinski definition) is 0. The molecule has 3 nitrogen and oxygen atoms in total.